The Bertz CT molecular complexity index is 420. The number of aromatic nitrogens is 2. The molecule has 1 aliphatic rings. The molecule has 1 aromatic rings. The van der Waals surface area contributed by atoms with E-state index in [4.69, 9.17) is 11.6 Å². The molecule has 1 atom stereocenters. The molecule has 0 saturated heterocycles. The highest BCUT2D eigenvalue weighted by Crippen LogP contribution is 2.34. The van der Waals surface area contributed by atoms with E-state index >= 15 is 0 Å². The van der Waals surface area contributed by atoms with Gasteiger partial charge in [0.1, 0.15) is 0 Å². The number of hydrogen-bond acceptors (Lipinski definition) is 2. The van der Waals surface area contributed by atoms with Crippen molar-refractivity contribution in [3.63, 3.8) is 0 Å². The molecule has 1 aromatic heterocycles. The third kappa shape index (κ3) is 4.46. The standard InChI is InChI=1S/C17H30ClN3/c1-4-19-16(11-14-9-7-5-6-8-10-14)17-15(18)12-20-21(17)13(2)3/h12-14,16,19H,4-11H2,1-3H3. The molecule has 1 unspecified atom stereocenters. The largest absolute Gasteiger partial charge is 0.309 e. The van der Waals surface area contributed by atoms with Crippen LogP contribution in [0.1, 0.15) is 83.5 Å². The van der Waals surface area contributed by atoms with E-state index < -0.39 is 0 Å². The fourth-order valence-electron chi connectivity index (χ4n) is 3.56. The maximum atomic E-state index is 6.45. The van der Waals surface area contributed by atoms with Gasteiger partial charge < -0.3 is 5.32 Å². The smallest absolute Gasteiger partial charge is 0.0834 e. The highest BCUT2D eigenvalue weighted by Gasteiger charge is 2.24. The van der Waals surface area contributed by atoms with E-state index in [0.29, 0.717) is 12.1 Å². The van der Waals surface area contributed by atoms with E-state index in [1.165, 1.54) is 50.6 Å². The molecular formula is C17H30ClN3. The number of hydrogen-bond donors (Lipinski definition) is 1. The Morgan fingerprint density at radius 3 is 2.52 bits per heavy atom. The van der Waals surface area contributed by atoms with E-state index in [1.54, 1.807) is 6.20 Å². The van der Waals surface area contributed by atoms with Crippen molar-refractivity contribution in [2.45, 2.75) is 77.8 Å². The highest BCUT2D eigenvalue weighted by molar-refractivity contribution is 6.31. The number of halogens is 1. The second-order valence-corrected chi connectivity index (χ2v) is 7.03. The van der Waals surface area contributed by atoms with Gasteiger partial charge >= 0.3 is 0 Å². The van der Waals surface area contributed by atoms with Gasteiger partial charge in [-0.3, -0.25) is 4.68 Å². The Morgan fingerprint density at radius 2 is 1.95 bits per heavy atom. The van der Waals surface area contributed by atoms with Crippen molar-refractivity contribution < 1.29 is 0 Å². The van der Waals surface area contributed by atoms with Gasteiger partial charge in [-0.15, -0.1) is 0 Å². The van der Waals surface area contributed by atoms with Gasteiger partial charge in [0, 0.05) is 6.04 Å². The lowest BCUT2D eigenvalue weighted by molar-refractivity contribution is 0.340. The van der Waals surface area contributed by atoms with Crippen molar-refractivity contribution >= 4 is 11.6 Å². The second kappa shape index (κ2) is 8.19. The first-order valence-corrected chi connectivity index (χ1v) is 8.97. The minimum Gasteiger partial charge on any atom is -0.309 e. The fraction of sp³-hybridized carbons (Fsp3) is 0.824. The molecule has 0 amide bonds. The lowest BCUT2D eigenvalue weighted by Gasteiger charge is -2.25. The molecule has 1 aliphatic carbocycles. The summed E-state index contributed by atoms with van der Waals surface area (Å²) >= 11 is 6.45. The first-order valence-electron chi connectivity index (χ1n) is 8.59. The van der Waals surface area contributed by atoms with Crippen LogP contribution in [-0.4, -0.2) is 16.3 Å². The van der Waals surface area contributed by atoms with E-state index in [1.807, 2.05) is 0 Å². The number of nitrogens with zero attached hydrogens (tertiary/aromatic N) is 2. The summed E-state index contributed by atoms with van der Waals surface area (Å²) in [6.45, 7) is 7.48. The van der Waals surface area contributed by atoms with E-state index in [2.05, 4.69) is 35.9 Å². The lowest BCUT2D eigenvalue weighted by Crippen LogP contribution is -2.27. The van der Waals surface area contributed by atoms with Gasteiger partial charge in [-0.2, -0.15) is 5.10 Å². The SMILES string of the molecule is CCNC(CC1CCCCCC1)c1c(Cl)cnn1C(C)C. The molecule has 0 radical (unpaired) electrons. The molecule has 120 valence electrons. The molecule has 1 N–H and O–H groups in total. The maximum absolute atomic E-state index is 6.45. The molecule has 3 nitrogen and oxygen atoms in total. The van der Waals surface area contributed by atoms with E-state index in [9.17, 15) is 0 Å². The molecule has 0 aromatic carbocycles. The van der Waals surface area contributed by atoms with Crippen LogP contribution in [0.25, 0.3) is 0 Å². The summed E-state index contributed by atoms with van der Waals surface area (Å²) in [5.41, 5.74) is 1.18. The van der Waals surface area contributed by atoms with Crippen LogP contribution >= 0.6 is 11.6 Å². The Kier molecular flexibility index (Phi) is 6.56. The molecule has 2 rings (SSSR count). The van der Waals surface area contributed by atoms with Crippen molar-refractivity contribution in [1.82, 2.24) is 15.1 Å². The number of rotatable bonds is 6. The molecular weight excluding hydrogens is 282 g/mol. The molecule has 0 bridgehead atoms. The summed E-state index contributed by atoms with van der Waals surface area (Å²) in [7, 11) is 0. The van der Waals surface area contributed by atoms with Crippen molar-refractivity contribution in [3.8, 4) is 0 Å². The molecule has 4 heteroatoms. The maximum Gasteiger partial charge on any atom is 0.0834 e. The average molecular weight is 312 g/mol. The predicted octanol–water partition coefficient (Wildman–Crippen LogP) is 5.13. The van der Waals surface area contributed by atoms with Gasteiger partial charge in [0.05, 0.1) is 23.0 Å². The lowest BCUT2D eigenvalue weighted by atomic mass is 9.91. The van der Waals surface area contributed by atoms with Crippen molar-refractivity contribution in [1.29, 1.82) is 0 Å². The Hall–Kier alpha value is -0.540. The third-order valence-corrected chi connectivity index (χ3v) is 4.89. The highest BCUT2D eigenvalue weighted by atomic mass is 35.5. The Morgan fingerprint density at radius 1 is 1.29 bits per heavy atom. The van der Waals surface area contributed by atoms with Crippen LogP contribution in [-0.2, 0) is 0 Å². The number of nitrogens with one attached hydrogen (secondary N) is 1. The van der Waals surface area contributed by atoms with Crippen LogP contribution in [0.4, 0.5) is 0 Å². The summed E-state index contributed by atoms with van der Waals surface area (Å²) in [5.74, 6) is 0.822. The van der Waals surface area contributed by atoms with E-state index in [-0.39, 0.29) is 0 Å². The molecule has 1 saturated carbocycles. The zero-order chi connectivity index (χ0) is 15.2. The molecule has 1 heterocycles. The molecule has 0 spiro atoms. The summed E-state index contributed by atoms with van der Waals surface area (Å²) in [6, 6.07) is 0.679. The third-order valence-electron chi connectivity index (χ3n) is 4.60. The van der Waals surface area contributed by atoms with Crippen LogP contribution in [0.15, 0.2) is 6.20 Å². The van der Waals surface area contributed by atoms with Gasteiger partial charge in [0.2, 0.25) is 0 Å². The summed E-state index contributed by atoms with van der Waals surface area (Å²) < 4.78 is 2.09. The van der Waals surface area contributed by atoms with Crippen molar-refractivity contribution in [3.05, 3.63) is 16.9 Å². The molecule has 0 aliphatic heterocycles. The van der Waals surface area contributed by atoms with E-state index in [0.717, 1.165) is 17.5 Å². The van der Waals surface area contributed by atoms with Crippen molar-refractivity contribution in [2.75, 3.05) is 6.54 Å². The molecule has 1 fully saturated rings. The normalized spacial score (nSPS) is 18.9. The van der Waals surface area contributed by atoms with Gasteiger partial charge in [-0.1, -0.05) is 57.0 Å². The Balaban J connectivity index is 2.16. The average Bonchev–Trinajstić information content (AvgIpc) is 2.67. The van der Waals surface area contributed by atoms with Gasteiger partial charge in [-0.05, 0) is 32.7 Å². The van der Waals surface area contributed by atoms with Crippen LogP contribution < -0.4 is 5.32 Å². The van der Waals surface area contributed by atoms with Gasteiger partial charge in [-0.25, -0.2) is 0 Å². The summed E-state index contributed by atoms with van der Waals surface area (Å²) in [5, 5.41) is 8.93. The predicted molar refractivity (Wildman–Crippen MR) is 89.8 cm³/mol. The van der Waals surface area contributed by atoms with Gasteiger partial charge in [0.15, 0.2) is 0 Å². The van der Waals surface area contributed by atoms with Gasteiger partial charge in [0.25, 0.3) is 0 Å². The van der Waals surface area contributed by atoms with Crippen LogP contribution in [0.5, 0.6) is 0 Å². The zero-order valence-electron chi connectivity index (χ0n) is 13.7. The Labute approximate surface area is 134 Å². The second-order valence-electron chi connectivity index (χ2n) is 6.62. The first kappa shape index (κ1) is 16.8. The van der Waals surface area contributed by atoms with Crippen LogP contribution in [0.2, 0.25) is 5.02 Å². The summed E-state index contributed by atoms with van der Waals surface area (Å²) in [4.78, 5) is 0. The summed E-state index contributed by atoms with van der Waals surface area (Å²) in [6.07, 6.45) is 11.3. The molecule has 21 heavy (non-hydrogen) atoms. The minimum absolute atomic E-state index is 0.329. The minimum atomic E-state index is 0.329. The quantitative estimate of drug-likeness (QED) is 0.738. The first-order chi connectivity index (χ1) is 10.1. The fourth-order valence-corrected chi connectivity index (χ4v) is 3.82. The zero-order valence-corrected chi connectivity index (χ0v) is 14.5. The van der Waals surface area contributed by atoms with Crippen LogP contribution in [0, 0.1) is 5.92 Å². The van der Waals surface area contributed by atoms with Crippen LogP contribution in [0.3, 0.4) is 0 Å². The topological polar surface area (TPSA) is 29.9 Å². The van der Waals surface area contributed by atoms with Crippen molar-refractivity contribution in [2.24, 2.45) is 5.92 Å². The monoisotopic (exact) mass is 311 g/mol.